The summed E-state index contributed by atoms with van der Waals surface area (Å²) in [5.41, 5.74) is -1.26. The zero-order valence-corrected chi connectivity index (χ0v) is 32.7. The molecule has 2 fully saturated rings. The molecule has 302 valence electrons. The van der Waals surface area contributed by atoms with Crippen LogP contribution in [0.1, 0.15) is 73.6 Å². The number of allylic oxidation sites excluding steroid dienone is 3. The number of carbonyl (C=O) groups excluding carboxylic acids is 4. The normalized spacial score (nSPS) is 42.1. The molecule has 2 N–H and O–H groups in total. The number of carbonyl (C=O) groups is 4. The summed E-state index contributed by atoms with van der Waals surface area (Å²) in [4.78, 5) is 52.7. The monoisotopic (exact) mass is 755 g/mol. The van der Waals surface area contributed by atoms with Crippen molar-refractivity contribution in [2.45, 2.75) is 153 Å². The van der Waals surface area contributed by atoms with Gasteiger partial charge >= 0.3 is 11.9 Å². The fourth-order valence-corrected chi connectivity index (χ4v) is 7.68. The lowest BCUT2D eigenvalue weighted by molar-refractivity contribution is -0.344. The third kappa shape index (κ3) is 12.2. The number of aliphatic hydroxyl groups is 2. The minimum absolute atomic E-state index is 0.0964. The molecule has 0 aromatic heterocycles. The molecule has 2 saturated heterocycles. The van der Waals surface area contributed by atoms with E-state index in [1.165, 1.54) is 27.2 Å². The van der Waals surface area contributed by atoms with Gasteiger partial charge < -0.3 is 57.8 Å². The number of aliphatic hydroxyl groups excluding tert-OH is 1. The second-order valence-corrected chi connectivity index (χ2v) is 14.9. The van der Waals surface area contributed by atoms with Crippen LogP contribution in [0.5, 0.6) is 0 Å². The maximum absolute atomic E-state index is 13.2. The predicted octanol–water partition coefficient (Wildman–Crippen LogP) is 2.28. The minimum atomic E-state index is -1.36. The number of ether oxygens (including phenoxy) is 8. The lowest BCUT2D eigenvalue weighted by Gasteiger charge is -2.50. The highest BCUT2D eigenvalue weighted by Crippen LogP contribution is 2.37. The topological polar surface area (TPSA) is 186 Å². The van der Waals surface area contributed by atoms with Crippen molar-refractivity contribution in [2.75, 3.05) is 28.3 Å². The summed E-state index contributed by atoms with van der Waals surface area (Å²) in [5, 5.41) is 23.1. The SMILES string of the molecule is COC1C(C)O[C@@H](OC2C(C)O[C@@H](O[C@H]3[C@@H](CC=O)C[C@@H](C)C(=O)/C=C/C=C/C[C@@H](C)OC(=O)C[C@@H](OC(C)=O)[C@@H]3OC)C(O)C2N(C)C)CC1(C)O. The zero-order chi connectivity index (χ0) is 39.6. The van der Waals surface area contributed by atoms with Crippen molar-refractivity contribution >= 4 is 24.0 Å². The molecule has 53 heavy (non-hydrogen) atoms. The highest BCUT2D eigenvalue weighted by Gasteiger charge is 2.52. The molecule has 0 aromatic carbocycles. The van der Waals surface area contributed by atoms with E-state index in [9.17, 15) is 29.4 Å². The van der Waals surface area contributed by atoms with Crippen molar-refractivity contribution in [2.24, 2.45) is 11.8 Å². The Morgan fingerprint density at radius 1 is 1.02 bits per heavy atom. The molecule has 0 spiro atoms. The molecule has 0 saturated carbocycles. The third-order valence-electron chi connectivity index (χ3n) is 10.2. The number of hydrogen-bond acceptors (Lipinski definition) is 15. The van der Waals surface area contributed by atoms with E-state index in [4.69, 9.17) is 37.9 Å². The first-order chi connectivity index (χ1) is 24.9. The third-order valence-corrected chi connectivity index (χ3v) is 10.2. The standard InChI is InChI=1S/C38H61NO14/c1-21-18-26(16-17-40)34(35(46-9)28(51-25(5)41)19-29(43)48-22(2)14-12-11-13-15-27(21)42)53-37-32(44)31(39(7)8)33(23(3)50-37)52-30-20-38(6,45)36(47-10)24(4)49-30/h11-13,15,17,21-24,26,28,30-37,44-45H,14,16,18-20H2,1-10H3/b12-11+,15-13+/t21-,22-,23?,24?,26+,28-,30+,31?,32?,33?,34+,35+,36?,37+,38?/m1/s1. The quantitative estimate of drug-likeness (QED) is 0.244. The maximum atomic E-state index is 13.2. The molecule has 3 aliphatic heterocycles. The summed E-state index contributed by atoms with van der Waals surface area (Å²) in [6.07, 6.45) is -2.86. The Hall–Kier alpha value is -2.60. The Kier molecular flexibility index (Phi) is 17.2. The Morgan fingerprint density at radius 2 is 1.72 bits per heavy atom. The molecular weight excluding hydrogens is 694 g/mol. The van der Waals surface area contributed by atoms with Crippen LogP contribution in [0.4, 0.5) is 0 Å². The van der Waals surface area contributed by atoms with E-state index in [-0.39, 0.29) is 25.0 Å². The van der Waals surface area contributed by atoms with Crippen LogP contribution in [0.25, 0.3) is 0 Å². The first kappa shape index (κ1) is 44.8. The predicted molar refractivity (Wildman–Crippen MR) is 190 cm³/mol. The summed E-state index contributed by atoms with van der Waals surface area (Å²) in [5.74, 6) is -2.84. The van der Waals surface area contributed by atoms with Gasteiger partial charge in [-0.05, 0) is 60.2 Å². The largest absolute Gasteiger partial charge is 0.462 e. The Balaban J connectivity index is 2.02. The van der Waals surface area contributed by atoms with E-state index >= 15 is 0 Å². The number of aldehydes is 1. The van der Waals surface area contributed by atoms with Crippen LogP contribution in [-0.2, 0) is 57.1 Å². The highest BCUT2D eigenvalue weighted by atomic mass is 16.7. The molecule has 3 heterocycles. The van der Waals surface area contributed by atoms with Crippen LogP contribution in [0.3, 0.4) is 0 Å². The Morgan fingerprint density at radius 3 is 2.30 bits per heavy atom. The van der Waals surface area contributed by atoms with Gasteiger partial charge in [0.15, 0.2) is 18.4 Å². The zero-order valence-electron chi connectivity index (χ0n) is 32.7. The van der Waals surface area contributed by atoms with E-state index in [2.05, 4.69) is 0 Å². The van der Waals surface area contributed by atoms with Crippen molar-refractivity contribution in [3.05, 3.63) is 24.3 Å². The van der Waals surface area contributed by atoms with Gasteiger partial charge in [-0.1, -0.05) is 25.2 Å². The fraction of sp³-hybridized carbons (Fsp3) is 0.789. The Labute approximate surface area is 313 Å². The number of likely N-dealkylation sites (N-methyl/N-ethyl adjacent to an activating group) is 1. The summed E-state index contributed by atoms with van der Waals surface area (Å²) >= 11 is 0. The molecule has 3 aliphatic rings. The molecule has 0 radical (unpaired) electrons. The molecule has 0 aromatic rings. The van der Waals surface area contributed by atoms with Crippen molar-refractivity contribution in [3.8, 4) is 0 Å². The van der Waals surface area contributed by atoms with Crippen molar-refractivity contribution in [3.63, 3.8) is 0 Å². The number of ketones is 1. The van der Waals surface area contributed by atoms with E-state index in [0.29, 0.717) is 12.7 Å². The van der Waals surface area contributed by atoms with Gasteiger partial charge in [0.2, 0.25) is 0 Å². The molecule has 15 nitrogen and oxygen atoms in total. The van der Waals surface area contributed by atoms with Gasteiger partial charge in [-0.2, -0.15) is 0 Å². The number of nitrogens with zero attached hydrogens (tertiary/aromatic N) is 1. The van der Waals surface area contributed by atoms with Crippen LogP contribution in [-0.4, -0.2) is 147 Å². The highest BCUT2D eigenvalue weighted by molar-refractivity contribution is 5.91. The second-order valence-electron chi connectivity index (χ2n) is 14.9. The summed E-state index contributed by atoms with van der Waals surface area (Å²) < 4.78 is 48.1. The van der Waals surface area contributed by atoms with E-state index < -0.39 is 109 Å². The summed E-state index contributed by atoms with van der Waals surface area (Å²) in [6.45, 7) is 9.83. The lowest BCUT2D eigenvalue weighted by Crippen LogP contribution is -2.65. The van der Waals surface area contributed by atoms with Crippen LogP contribution in [0, 0.1) is 11.8 Å². The maximum Gasteiger partial charge on any atom is 0.309 e. The number of rotatable bonds is 10. The number of methoxy groups -OCH3 is 2. The van der Waals surface area contributed by atoms with Crippen molar-refractivity contribution < 1.29 is 67.3 Å². The average molecular weight is 756 g/mol. The van der Waals surface area contributed by atoms with Gasteiger partial charge in [0.05, 0.1) is 36.4 Å². The van der Waals surface area contributed by atoms with E-state index in [1.807, 2.05) is 0 Å². The molecule has 15 atom stereocenters. The number of esters is 2. The Bertz CT molecular complexity index is 1270. The van der Waals surface area contributed by atoms with E-state index in [1.54, 1.807) is 71.8 Å². The summed E-state index contributed by atoms with van der Waals surface area (Å²) in [7, 11) is 6.38. The molecule has 0 amide bonds. The number of cyclic esters (lactones) is 1. The van der Waals surface area contributed by atoms with Gasteiger partial charge in [0.1, 0.15) is 42.9 Å². The van der Waals surface area contributed by atoms with Crippen LogP contribution in [0.15, 0.2) is 24.3 Å². The smallest absolute Gasteiger partial charge is 0.309 e. The molecule has 7 unspecified atom stereocenters. The van der Waals surface area contributed by atoms with Crippen LogP contribution in [0.2, 0.25) is 0 Å². The molecular formula is C38H61NO14. The van der Waals surface area contributed by atoms with Gasteiger partial charge in [-0.25, -0.2) is 0 Å². The minimum Gasteiger partial charge on any atom is -0.462 e. The lowest BCUT2D eigenvalue weighted by atomic mass is 9.83. The van der Waals surface area contributed by atoms with Crippen molar-refractivity contribution in [1.82, 2.24) is 4.90 Å². The van der Waals surface area contributed by atoms with Crippen LogP contribution >= 0.6 is 0 Å². The fourth-order valence-electron chi connectivity index (χ4n) is 7.68. The van der Waals surface area contributed by atoms with Gasteiger partial charge in [-0.3, -0.25) is 14.4 Å². The number of hydrogen-bond donors (Lipinski definition) is 2. The molecule has 3 rings (SSSR count). The molecule has 0 aliphatic carbocycles. The molecule has 0 bridgehead atoms. The summed E-state index contributed by atoms with van der Waals surface area (Å²) in [6, 6.07) is -0.733. The van der Waals surface area contributed by atoms with Gasteiger partial charge in [0.25, 0.3) is 0 Å². The van der Waals surface area contributed by atoms with Crippen molar-refractivity contribution in [1.29, 1.82) is 0 Å². The van der Waals surface area contributed by atoms with E-state index in [0.717, 1.165) is 0 Å². The first-order valence-electron chi connectivity index (χ1n) is 18.4. The van der Waals surface area contributed by atoms with Gasteiger partial charge in [-0.15, -0.1) is 0 Å². The first-order valence-corrected chi connectivity index (χ1v) is 18.4. The second kappa shape index (κ2) is 20.4. The van der Waals surface area contributed by atoms with Gasteiger partial charge in [0, 0.05) is 46.3 Å². The average Bonchev–Trinajstić information content (AvgIpc) is 3.04. The van der Waals surface area contributed by atoms with Crippen LogP contribution < -0.4 is 0 Å². The molecule has 15 heteroatoms.